The summed E-state index contributed by atoms with van der Waals surface area (Å²) < 4.78 is 11.5. The third-order valence-electron chi connectivity index (χ3n) is 3.13. The maximum atomic E-state index is 12.1. The zero-order valence-electron chi connectivity index (χ0n) is 13.4. The van der Waals surface area contributed by atoms with Crippen LogP contribution in [0, 0.1) is 0 Å². The van der Waals surface area contributed by atoms with Crippen LogP contribution in [0.1, 0.15) is 13.3 Å². The summed E-state index contributed by atoms with van der Waals surface area (Å²) in [6.45, 7) is 2.78. The van der Waals surface area contributed by atoms with Crippen molar-refractivity contribution in [2.24, 2.45) is 0 Å². The second kappa shape index (κ2) is 8.17. The topological polar surface area (TPSA) is 102 Å². The smallest absolute Gasteiger partial charge is 0.234 e. The van der Waals surface area contributed by atoms with Crippen molar-refractivity contribution in [3.8, 4) is 11.5 Å². The predicted octanol–water partition coefficient (Wildman–Crippen LogP) is 2.39. The van der Waals surface area contributed by atoms with Gasteiger partial charge in [0.25, 0.3) is 0 Å². The van der Waals surface area contributed by atoms with E-state index in [0.717, 1.165) is 0 Å². The van der Waals surface area contributed by atoms with Crippen LogP contribution in [0.25, 0.3) is 0 Å². The van der Waals surface area contributed by atoms with Gasteiger partial charge in [-0.3, -0.25) is 9.59 Å². The van der Waals surface area contributed by atoms with Gasteiger partial charge in [0.2, 0.25) is 16.9 Å². The van der Waals surface area contributed by atoms with Gasteiger partial charge in [-0.1, -0.05) is 30.0 Å². The molecule has 10 heteroatoms. The molecule has 25 heavy (non-hydrogen) atoms. The lowest BCUT2D eigenvalue weighted by atomic mass is 10.2. The first-order valence-electron chi connectivity index (χ1n) is 7.59. The van der Waals surface area contributed by atoms with Crippen LogP contribution < -0.4 is 20.1 Å². The number of hydrogen-bond acceptors (Lipinski definition) is 8. The van der Waals surface area contributed by atoms with Crippen molar-refractivity contribution in [2.75, 3.05) is 29.6 Å². The molecule has 0 saturated carbocycles. The number of anilines is 2. The molecule has 2 amide bonds. The van der Waals surface area contributed by atoms with Crippen LogP contribution in [-0.4, -0.2) is 41.0 Å². The first-order chi connectivity index (χ1) is 12.1. The number of thioether (sulfide) groups is 1. The highest BCUT2D eigenvalue weighted by atomic mass is 32.2. The molecule has 8 nitrogen and oxygen atoms in total. The van der Waals surface area contributed by atoms with Crippen LogP contribution in [0.15, 0.2) is 22.5 Å². The fraction of sp³-hybridized carbons (Fsp3) is 0.333. The van der Waals surface area contributed by atoms with Crippen molar-refractivity contribution in [3.63, 3.8) is 0 Å². The maximum Gasteiger partial charge on any atom is 0.234 e. The summed E-state index contributed by atoms with van der Waals surface area (Å²) in [5.41, 5.74) is 0.642. The Kier molecular flexibility index (Phi) is 5.71. The van der Waals surface area contributed by atoms with Crippen molar-refractivity contribution in [1.82, 2.24) is 10.2 Å². The van der Waals surface area contributed by atoms with E-state index in [9.17, 15) is 9.59 Å². The number of carbonyl (C=O) groups is 2. The van der Waals surface area contributed by atoms with Gasteiger partial charge in [-0.2, -0.15) is 0 Å². The van der Waals surface area contributed by atoms with E-state index in [1.54, 1.807) is 25.1 Å². The highest BCUT2D eigenvalue weighted by Crippen LogP contribution is 2.32. The molecular formula is C15H16N4O4S2. The molecule has 1 aromatic heterocycles. The van der Waals surface area contributed by atoms with E-state index in [-0.39, 0.29) is 17.6 Å². The van der Waals surface area contributed by atoms with Crippen molar-refractivity contribution >= 4 is 45.7 Å². The molecule has 2 N–H and O–H groups in total. The lowest BCUT2D eigenvalue weighted by molar-refractivity contribution is -0.116. The number of nitrogens with one attached hydrogen (secondary N) is 2. The Balaban J connectivity index is 1.50. The number of rotatable bonds is 6. The van der Waals surface area contributed by atoms with Gasteiger partial charge in [0.05, 0.1) is 5.75 Å². The Morgan fingerprint density at radius 1 is 1.16 bits per heavy atom. The largest absolute Gasteiger partial charge is 0.486 e. The number of ether oxygens (including phenoxy) is 2. The summed E-state index contributed by atoms with van der Waals surface area (Å²) in [6, 6.07) is 5.27. The predicted molar refractivity (Wildman–Crippen MR) is 95.6 cm³/mol. The zero-order chi connectivity index (χ0) is 17.6. The van der Waals surface area contributed by atoms with Gasteiger partial charge in [0.15, 0.2) is 15.8 Å². The van der Waals surface area contributed by atoms with Gasteiger partial charge in [-0.25, -0.2) is 0 Å². The first-order valence-corrected chi connectivity index (χ1v) is 9.40. The molecule has 0 unspecified atom stereocenters. The monoisotopic (exact) mass is 380 g/mol. The van der Waals surface area contributed by atoms with E-state index >= 15 is 0 Å². The van der Waals surface area contributed by atoms with Gasteiger partial charge in [-0.15, -0.1) is 10.2 Å². The van der Waals surface area contributed by atoms with Crippen LogP contribution in [-0.2, 0) is 9.59 Å². The third-order valence-corrected chi connectivity index (χ3v) is 5.10. The SMILES string of the molecule is CCC(=O)Nc1nnc(SCC(=O)Nc2ccc3c(c2)OCCO3)s1. The Labute approximate surface area is 152 Å². The van der Waals surface area contributed by atoms with Gasteiger partial charge in [0, 0.05) is 18.2 Å². The molecule has 0 bridgehead atoms. The fourth-order valence-electron chi connectivity index (χ4n) is 1.97. The molecule has 3 rings (SSSR count). The van der Waals surface area contributed by atoms with E-state index in [1.165, 1.54) is 23.1 Å². The molecule has 1 aromatic carbocycles. The molecule has 2 aromatic rings. The minimum absolute atomic E-state index is 0.121. The van der Waals surface area contributed by atoms with Crippen LogP contribution >= 0.6 is 23.1 Å². The zero-order valence-corrected chi connectivity index (χ0v) is 15.0. The van der Waals surface area contributed by atoms with E-state index in [4.69, 9.17) is 9.47 Å². The summed E-state index contributed by atoms with van der Waals surface area (Å²) >= 11 is 2.49. The number of nitrogens with zero attached hydrogens (tertiary/aromatic N) is 2. The molecule has 0 fully saturated rings. The number of hydrogen-bond donors (Lipinski definition) is 2. The quantitative estimate of drug-likeness (QED) is 0.586. The van der Waals surface area contributed by atoms with E-state index < -0.39 is 0 Å². The summed E-state index contributed by atoms with van der Waals surface area (Å²) in [5, 5.41) is 13.7. The average molecular weight is 380 g/mol. The molecule has 1 aliphatic rings. The van der Waals surface area contributed by atoms with Crippen LogP contribution in [0.2, 0.25) is 0 Å². The molecule has 0 spiro atoms. The van der Waals surface area contributed by atoms with E-state index in [2.05, 4.69) is 20.8 Å². The Hall–Kier alpha value is -2.33. The van der Waals surface area contributed by atoms with Crippen molar-refractivity contribution in [2.45, 2.75) is 17.7 Å². The lowest BCUT2D eigenvalue weighted by Gasteiger charge is -2.18. The molecule has 0 atom stereocenters. The fourth-order valence-corrected chi connectivity index (χ4v) is 3.54. The Morgan fingerprint density at radius 2 is 1.96 bits per heavy atom. The van der Waals surface area contributed by atoms with Gasteiger partial charge < -0.3 is 20.1 Å². The standard InChI is InChI=1S/C15H16N4O4S2/c1-2-12(20)17-14-18-19-15(25-14)24-8-13(21)16-9-3-4-10-11(7-9)23-6-5-22-10/h3-4,7H,2,5-6,8H2,1H3,(H,16,21)(H,17,18,20). The molecule has 2 heterocycles. The molecular weight excluding hydrogens is 364 g/mol. The number of carbonyl (C=O) groups excluding carboxylic acids is 2. The van der Waals surface area contributed by atoms with Crippen molar-refractivity contribution in [3.05, 3.63) is 18.2 Å². The summed E-state index contributed by atoms with van der Waals surface area (Å²) in [5.74, 6) is 1.19. The van der Waals surface area contributed by atoms with Crippen LogP contribution in [0.5, 0.6) is 11.5 Å². The van der Waals surface area contributed by atoms with E-state index in [0.29, 0.717) is 46.3 Å². The maximum absolute atomic E-state index is 12.1. The molecule has 132 valence electrons. The first kappa shape index (κ1) is 17.5. The lowest BCUT2D eigenvalue weighted by Crippen LogP contribution is -2.17. The van der Waals surface area contributed by atoms with Crippen molar-refractivity contribution in [1.29, 1.82) is 0 Å². The van der Waals surface area contributed by atoms with Crippen LogP contribution in [0.4, 0.5) is 10.8 Å². The third kappa shape index (κ3) is 4.83. The molecule has 0 aliphatic carbocycles. The number of amides is 2. The number of fused-ring (bicyclic) bond motifs is 1. The highest BCUT2D eigenvalue weighted by molar-refractivity contribution is 8.01. The molecule has 1 aliphatic heterocycles. The second-order valence-electron chi connectivity index (χ2n) is 4.97. The minimum atomic E-state index is -0.170. The summed E-state index contributed by atoms with van der Waals surface area (Å²) in [7, 11) is 0. The minimum Gasteiger partial charge on any atom is -0.486 e. The summed E-state index contributed by atoms with van der Waals surface area (Å²) in [4.78, 5) is 23.4. The summed E-state index contributed by atoms with van der Waals surface area (Å²) in [6.07, 6.45) is 0.375. The van der Waals surface area contributed by atoms with Gasteiger partial charge in [0.1, 0.15) is 13.2 Å². The second-order valence-corrected chi connectivity index (χ2v) is 7.17. The Morgan fingerprint density at radius 3 is 2.76 bits per heavy atom. The van der Waals surface area contributed by atoms with Crippen molar-refractivity contribution < 1.29 is 19.1 Å². The normalized spacial score (nSPS) is 12.5. The highest BCUT2D eigenvalue weighted by Gasteiger charge is 2.14. The average Bonchev–Trinajstić information content (AvgIpc) is 3.07. The Bertz CT molecular complexity index is 781. The van der Waals surface area contributed by atoms with Gasteiger partial charge in [-0.05, 0) is 12.1 Å². The van der Waals surface area contributed by atoms with Gasteiger partial charge >= 0.3 is 0 Å². The number of benzene rings is 1. The van der Waals surface area contributed by atoms with Crippen LogP contribution in [0.3, 0.4) is 0 Å². The molecule has 0 radical (unpaired) electrons. The van der Waals surface area contributed by atoms with E-state index in [1.807, 2.05) is 0 Å². The number of aromatic nitrogens is 2. The molecule has 0 saturated heterocycles.